The van der Waals surface area contributed by atoms with Gasteiger partial charge >= 0.3 is 0 Å². The van der Waals surface area contributed by atoms with E-state index in [1.165, 1.54) is 5.69 Å². The van der Waals surface area contributed by atoms with Gasteiger partial charge in [0.05, 0.1) is 19.3 Å². The van der Waals surface area contributed by atoms with E-state index in [4.69, 9.17) is 4.74 Å². The third kappa shape index (κ3) is 6.60. The van der Waals surface area contributed by atoms with Crippen LogP contribution >= 0.6 is 24.0 Å². The Bertz CT molecular complexity index is 751. The van der Waals surface area contributed by atoms with Crippen molar-refractivity contribution in [1.29, 1.82) is 0 Å². The van der Waals surface area contributed by atoms with Crippen LogP contribution in [0.1, 0.15) is 25.0 Å². The van der Waals surface area contributed by atoms with Crippen molar-refractivity contribution in [3.8, 4) is 0 Å². The number of aryl methyl sites for hydroxylation is 1. The van der Waals surface area contributed by atoms with Crippen molar-refractivity contribution in [2.45, 2.75) is 19.4 Å². The first-order valence-corrected chi connectivity index (χ1v) is 10.1. The van der Waals surface area contributed by atoms with Crippen molar-refractivity contribution in [2.24, 2.45) is 12.0 Å². The molecular formula is C21H33IN6O. The molecule has 8 heteroatoms. The number of hydrogen-bond donors (Lipinski definition) is 1. The average molecular weight is 512 g/mol. The molecule has 1 aromatic heterocycles. The molecule has 0 amide bonds. The number of anilines is 1. The Labute approximate surface area is 191 Å². The third-order valence-electron chi connectivity index (χ3n) is 5.07. The summed E-state index contributed by atoms with van der Waals surface area (Å²) in [6.07, 6.45) is 4.99. The van der Waals surface area contributed by atoms with Gasteiger partial charge in [-0.2, -0.15) is 5.10 Å². The van der Waals surface area contributed by atoms with Crippen molar-refractivity contribution in [3.05, 3.63) is 48.3 Å². The molecule has 160 valence electrons. The normalized spacial score (nSPS) is 17.0. The van der Waals surface area contributed by atoms with Crippen LogP contribution in [0, 0.1) is 0 Å². The number of rotatable bonds is 7. The quantitative estimate of drug-likeness (QED) is 0.268. The second-order valence-corrected chi connectivity index (χ2v) is 7.00. The molecule has 0 bridgehead atoms. The molecule has 0 saturated carbocycles. The van der Waals surface area contributed by atoms with E-state index in [0.717, 1.165) is 50.7 Å². The van der Waals surface area contributed by atoms with E-state index in [0.29, 0.717) is 6.61 Å². The van der Waals surface area contributed by atoms with Crippen LogP contribution in [-0.4, -0.2) is 67.0 Å². The highest BCUT2D eigenvalue weighted by Gasteiger charge is 2.25. The number of nitrogens with zero attached hydrogens (tertiary/aromatic N) is 5. The van der Waals surface area contributed by atoms with Gasteiger partial charge in [0.25, 0.3) is 0 Å². The number of nitrogens with one attached hydrogen (secondary N) is 1. The summed E-state index contributed by atoms with van der Waals surface area (Å²) in [5.74, 6) is 0.944. The number of hydrogen-bond acceptors (Lipinski definition) is 4. The van der Waals surface area contributed by atoms with Gasteiger partial charge in [-0.1, -0.05) is 18.2 Å². The zero-order valence-corrected chi connectivity index (χ0v) is 20.0. The van der Waals surface area contributed by atoms with Crippen LogP contribution in [0.5, 0.6) is 0 Å². The van der Waals surface area contributed by atoms with Crippen molar-refractivity contribution in [2.75, 3.05) is 51.3 Å². The van der Waals surface area contributed by atoms with Gasteiger partial charge in [-0.15, -0.1) is 24.0 Å². The number of halogens is 1. The van der Waals surface area contributed by atoms with E-state index in [1.807, 2.05) is 31.2 Å². The fourth-order valence-corrected chi connectivity index (χ4v) is 3.56. The van der Waals surface area contributed by atoms with Crippen LogP contribution < -0.4 is 10.2 Å². The van der Waals surface area contributed by atoms with Crippen molar-refractivity contribution in [1.82, 2.24) is 20.0 Å². The van der Waals surface area contributed by atoms with Crippen molar-refractivity contribution >= 4 is 35.6 Å². The molecule has 1 aliphatic heterocycles. The van der Waals surface area contributed by atoms with E-state index < -0.39 is 0 Å². The fourth-order valence-electron chi connectivity index (χ4n) is 3.56. The highest BCUT2D eigenvalue weighted by molar-refractivity contribution is 14.0. The van der Waals surface area contributed by atoms with Crippen molar-refractivity contribution < 1.29 is 4.74 Å². The van der Waals surface area contributed by atoms with Crippen LogP contribution in [0.25, 0.3) is 0 Å². The monoisotopic (exact) mass is 512 g/mol. The number of guanidine groups is 1. The molecular weight excluding hydrogens is 479 g/mol. The number of para-hydroxylation sites is 1. The highest BCUT2D eigenvalue weighted by Crippen LogP contribution is 2.21. The van der Waals surface area contributed by atoms with Gasteiger partial charge in [0.2, 0.25) is 0 Å². The van der Waals surface area contributed by atoms with Gasteiger partial charge in [0.15, 0.2) is 5.96 Å². The summed E-state index contributed by atoms with van der Waals surface area (Å²) in [6, 6.07) is 10.6. The van der Waals surface area contributed by atoms with Gasteiger partial charge < -0.3 is 19.9 Å². The van der Waals surface area contributed by atoms with E-state index >= 15 is 0 Å². The first-order chi connectivity index (χ1) is 13.7. The summed E-state index contributed by atoms with van der Waals surface area (Å²) in [7, 11) is 3.78. The Kier molecular flexibility index (Phi) is 9.72. The van der Waals surface area contributed by atoms with E-state index in [9.17, 15) is 0 Å². The van der Waals surface area contributed by atoms with Crippen LogP contribution in [-0.2, 0) is 11.8 Å². The van der Waals surface area contributed by atoms with Gasteiger partial charge in [0.1, 0.15) is 6.10 Å². The molecule has 7 nitrogen and oxygen atoms in total. The summed E-state index contributed by atoms with van der Waals surface area (Å²) in [5.41, 5.74) is 2.39. The van der Waals surface area contributed by atoms with Crippen LogP contribution in [0.3, 0.4) is 0 Å². The minimum atomic E-state index is 0. The Balaban J connectivity index is 0.00000300. The predicted molar refractivity (Wildman–Crippen MR) is 129 cm³/mol. The SMILES string of the molecule is CCN(CCCNC(=NC)N1CCOC(c2cnn(C)c2)C1)c1ccccc1.I. The lowest BCUT2D eigenvalue weighted by atomic mass is 10.1. The Morgan fingerprint density at radius 2 is 2.14 bits per heavy atom. The molecule has 1 aliphatic rings. The molecule has 2 heterocycles. The van der Waals surface area contributed by atoms with E-state index in [2.05, 4.69) is 62.5 Å². The second kappa shape index (κ2) is 12.0. The molecule has 1 saturated heterocycles. The molecule has 1 N–H and O–H groups in total. The molecule has 1 unspecified atom stereocenters. The maximum absolute atomic E-state index is 5.94. The molecule has 1 atom stereocenters. The lowest BCUT2D eigenvalue weighted by Crippen LogP contribution is -2.48. The number of ether oxygens (including phenoxy) is 1. The first-order valence-electron chi connectivity index (χ1n) is 10.1. The molecule has 29 heavy (non-hydrogen) atoms. The van der Waals surface area contributed by atoms with Crippen LogP contribution in [0.15, 0.2) is 47.7 Å². The molecule has 3 rings (SSSR count). The summed E-state index contributed by atoms with van der Waals surface area (Å²) in [4.78, 5) is 9.16. The Hall–Kier alpha value is -1.81. The minimum Gasteiger partial charge on any atom is -0.372 e. The topological polar surface area (TPSA) is 57.9 Å². The third-order valence-corrected chi connectivity index (χ3v) is 5.07. The lowest BCUT2D eigenvalue weighted by Gasteiger charge is -2.35. The first kappa shape index (κ1) is 23.5. The van der Waals surface area contributed by atoms with Gasteiger partial charge in [0, 0.05) is 57.7 Å². The zero-order valence-electron chi connectivity index (χ0n) is 17.6. The standard InChI is InChI=1S/C21H32N6O.HI/c1-4-26(19-9-6-5-7-10-19)12-8-11-23-21(22-2)27-13-14-28-20(17-27)18-15-24-25(3)16-18;/h5-7,9-10,15-16,20H,4,8,11-14,17H2,1-3H3,(H,22,23);1H. The summed E-state index contributed by atoms with van der Waals surface area (Å²) in [5, 5.41) is 7.78. The van der Waals surface area contributed by atoms with E-state index in [-0.39, 0.29) is 30.1 Å². The summed E-state index contributed by atoms with van der Waals surface area (Å²) in [6.45, 7) is 7.45. The summed E-state index contributed by atoms with van der Waals surface area (Å²) >= 11 is 0. The number of morpholine rings is 1. The molecule has 0 radical (unpaired) electrons. The molecule has 0 spiro atoms. The van der Waals surface area contributed by atoms with Crippen LogP contribution in [0.2, 0.25) is 0 Å². The lowest BCUT2D eigenvalue weighted by molar-refractivity contribution is -0.00801. The second-order valence-electron chi connectivity index (χ2n) is 7.00. The van der Waals surface area contributed by atoms with Gasteiger partial charge in [-0.05, 0) is 25.5 Å². The minimum absolute atomic E-state index is 0. The molecule has 1 aromatic carbocycles. The maximum Gasteiger partial charge on any atom is 0.193 e. The Morgan fingerprint density at radius 1 is 1.34 bits per heavy atom. The van der Waals surface area contributed by atoms with E-state index in [1.54, 1.807) is 0 Å². The number of aromatic nitrogens is 2. The Morgan fingerprint density at radius 3 is 2.79 bits per heavy atom. The largest absolute Gasteiger partial charge is 0.372 e. The highest BCUT2D eigenvalue weighted by atomic mass is 127. The zero-order chi connectivity index (χ0) is 19.8. The predicted octanol–water partition coefficient (Wildman–Crippen LogP) is 2.90. The smallest absolute Gasteiger partial charge is 0.193 e. The van der Waals surface area contributed by atoms with Crippen molar-refractivity contribution in [3.63, 3.8) is 0 Å². The molecule has 1 fully saturated rings. The maximum atomic E-state index is 5.94. The summed E-state index contributed by atoms with van der Waals surface area (Å²) < 4.78 is 7.75. The van der Waals surface area contributed by atoms with Crippen LogP contribution in [0.4, 0.5) is 5.69 Å². The van der Waals surface area contributed by atoms with Gasteiger partial charge in [-0.25, -0.2) is 0 Å². The molecule has 2 aromatic rings. The average Bonchev–Trinajstić information content (AvgIpc) is 3.18. The fraction of sp³-hybridized carbons (Fsp3) is 0.524. The number of benzene rings is 1. The number of aliphatic imine (C=N–C) groups is 1. The van der Waals surface area contributed by atoms with Gasteiger partial charge in [-0.3, -0.25) is 9.67 Å². The molecule has 0 aliphatic carbocycles.